The highest BCUT2D eigenvalue weighted by molar-refractivity contribution is 7.86. The lowest BCUT2D eigenvalue weighted by atomic mass is 10.0. The van der Waals surface area contributed by atoms with Gasteiger partial charge in [-0.3, -0.25) is 4.18 Å². The van der Waals surface area contributed by atoms with Crippen LogP contribution in [0.1, 0.15) is 19.8 Å². The Morgan fingerprint density at radius 3 is 2.33 bits per heavy atom. The SMILES string of the molecule is CC(OS(C)(=O)=O)C1CC=CC1. The number of allylic oxidation sites excluding steroid dienone is 2. The summed E-state index contributed by atoms with van der Waals surface area (Å²) in [7, 11) is -3.29. The van der Waals surface area contributed by atoms with Crippen molar-refractivity contribution in [1.29, 1.82) is 0 Å². The van der Waals surface area contributed by atoms with E-state index in [1.807, 2.05) is 0 Å². The molecule has 12 heavy (non-hydrogen) atoms. The Labute approximate surface area is 73.5 Å². The van der Waals surface area contributed by atoms with Crippen LogP contribution >= 0.6 is 0 Å². The molecule has 0 aromatic rings. The van der Waals surface area contributed by atoms with Crippen molar-refractivity contribution in [3.05, 3.63) is 12.2 Å². The molecule has 70 valence electrons. The maximum atomic E-state index is 10.8. The molecule has 0 aromatic carbocycles. The van der Waals surface area contributed by atoms with Gasteiger partial charge in [0, 0.05) is 0 Å². The summed E-state index contributed by atoms with van der Waals surface area (Å²) in [5, 5.41) is 0. The third-order valence-electron chi connectivity index (χ3n) is 2.03. The minimum atomic E-state index is -3.29. The first-order valence-corrected chi connectivity index (χ1v) is 5.84. The van der Waals surface area contributed by atoms with Crippen molar-refractivity contribution in [2.45, 2.75) is 25.9 Å². The van der Waals surface area contributed by atoms with Crippen LogP contribution in [-0.2, 0) is 14.3 Å². The van der Waals surface area contributed by atoms with Crippen LogP contribution in [0, 0.1) is 5.92 Å². The third kappa shape index (κ3) is 2.95. The minimum Gasteiger partial charge on any atom is -0.267 e. The van der Waals surface area contributed by atoms with Crippen LogP contribution in [0.2, 0.25) is 0 Å². The lowest BCUT2D eigenvalue weighted by Gasteiger charge is -2.17. The van der Waals surface area contributed by atoms with Crippen molar-refractivity contribution >= 4 is 10.1 Å². The third-order valence-corrected chi connectivity index (χ3v) is 2.69. The molecule has 0 saturated carbocycles. The first-order chi connectivity index (χ1) is 5.49. The summed E-state index contributed by atoms with van der Waals surface area (Å²) in [6.45, 7) is 1.80. The van der Waals surface area contributed by atoms with Crippen LogP contribution in [0.5, 0.6) is 0 Å². The van der Waals surface area contributed by atoms with Crippen LogP contribution in [0.3, 0.4) is 0 Å². The van der Waals surface area contributed by atoms with E-state index >= 15 is 0 Å². The van der Waals surface area contributed by atoms with E-state index in [-0.39, 0.29) is 6.10 Å². The van der Waals surface area contributed by atoms with Gasteiger partial charge in [-0.2, -0.15) is 8.42 Å². The van der Waals surface area contributed by atoms with Gasteiger partial charge in [0.25, 0.3) is 10.1 Å². The van der Waals surface area contributed by atoms with Crippen molar-refractivity contribution < 1.29 is 12.6 Å². The van der Waals surface area contributed by atoms with Gasteiger partial charge in [-0.05, 0) is 25.7 Å². The van der Waals surface area contributed by atoms with E-state index in [0.717, 1.165) is 19.1 Å². The fraction of sp³-hybridized carbons (Fsp3) is 0.750. The highest BCUT2D eigenvalue weighted by Crippen LogP contribution is 2.24. The summed E-state index contributed by atoms with van der Waals surface area (Å²) >= 11 is 0. The van der Waals surface area contributed by atoms with Crippen molar-refractivity contribution in [1.82, 2.24) is 0 Å². The molecule has 1 atom stereocenters. The van der Waals surface area contributed by atoms with Crippen LogP contribution < -0.4 is 0 Å². The second kappa shape index (κ2) is 3.58. The Kier molecular flexibility index (Phi) is 2.90. The normalized spacial score (nSPS) is 21.5. The van der Waals surface area contributed by atoms with E-state index in [9.17, 15) is 8.42 Å². The molecule has 1 rings (SSSR count). The van der Waals surface area contributed by atoms with Gasteiger partial charge in [0.1, 0.15) is 0 Å². The maximum Gasteiger partial charge on any atom is 0.264 e. The molecule has 0 N–H and O–H groups in total. The molecule has 1 aliphatic rings. The summed E-state index contributed by atoms with van der Waals surface area (Å²) < 4.78 is 26.4. The zero-order valence-electron chi connectivity index (χ0n) is 7.36. The van der Waals surface area contributed by atoms with Crippen LogP contribution in [-0.4, -0.2) is 20.8 Å². The van der Waals surface area contributed by atoms with Crippen molar-refractivity contribution in [2.75, 3.05) is 6.26 Å². The first kappa shape index (κ1) is 9.74. The molecule has 3 nitrogen and oxygen atoms in total. The molecular weight excluding hydrogens is 176 g/mol. The Morgan fingerprint density at radius 2 is 1.92 bits per heavy atom. The van der Waals surface area contributed by atoms with Gasteiger partial charge >= 0.3 is 0 Å². The van der Waals surface area contributed by atoms with Crippen LogP contribution in [0.25, 0.3) is 0 Å². The molecule has 0 aliphatic heterocycles. The summed E-state index contributed by atoms with van der Waals surface area (Å²) in [5.74, 6) is 0.333. The first-order valence-electron chi connectivity index (χ1n) is 4.02. The van der Waals surface area contributed by atoms with Gasteiger partial charge in [-0.1, -0.05) is 12.2 Å². The van der Waals surface area contributed by atoms with E-state index < -0.39 is 10.1 Å². The molecule has 0 amide bonds. The quantitative estimate of drug-likeness (QED) is 0.498. The van der Waals surface area contributed by atoms with E-state index in [2.05, 4.69) is 12.2 Å². The average Bonchev–Trinajstić information content (AvgIpc) is 2.32. The van der Waals surface area contributed by atoms with E-state index in [1.165, 1.54) is 0 Å². The molecular formula is C8H14O3S. The smallest absolute Gasteiger partial charge is 0.264 e. The Hall–Kier alpha value is -0.350. The van der Waals surface area contributed by atoms with Gasteiger partial charge in [-0.25, -0.2) is 0 Å². The summed E-state index contributed by atoms with van der Waals surface area (Å²) in [6, 6.07) is 0. The van der Waals surface area contributed by atoms with Gasteiger partial charge < -0.3 is 0 Å². The van der Waals surface area contributed by atoms with E-state index in [0.29, 0.717) is 5.92 Å². The zero-order valence-corrected chi connectivity index (χ0v) is 8.17. The summed E-state index contributed by atoms with van der Waals surface area (Å²) in [4.78, 5) is 0. The molecule has 0 spiro atoms. The van der Waals surface area contributed by atoms with Crippen LogP contribution in [0.4, 0.5) is 0 Å². The second-order valence-electron chi connectivity index (χ2n) is 3.21. The standard InChI is InChI=1S/C8H14O3S/c1-7(11-12(2,9)10)8-5-3-4-6-8/h3-4,7-8H,5-6H2,1-2H3. The fourth-order valence-corrected chi connectivity index (χ4v) is 2.08. The monoisotopic (exact) mass is 190 g/mol. The molecule has 0 bridgehead atoms. The van der Waals surface area contributed by atoms with Gasteiger partial charge in [0.2, 0.25) is 0 Å². The second-order valence-corrected chi connectivity index (χ2v) is 4.81. The lowest BCUT2D eigenvalue weighted by molar-refractivity contribution is 0.166. The molecule has 0 aromatic heterocycles. The van der Waals surface area contributed by atoms with Gasteiger partial charge in [-0.15, -0.1) is 0 Å². The average molecular weight is 190 g/mol. The molecule has 0 heterocycles. The highest BCUT2D eigenvalue weighted by Gasteiger charge is 2.21. The van der Waals surface area contributed by atoms with E-state index in [1.54, 1.807) is 6.92 Å². The molecule has 1 aliphatic carbocycles. The van der Waals surface area contributed by atoms with Crippen molar-refractivity contribution in [3.8, 4) is 0 Å². The minimum absolute atomic E-state index is 0.199. The van der Waals surface area contributed by atoms with Gasteiger partial charge in [0.15, 0.2) is 0 Å². The largest absolute Gasteiger partial charge is 0.267 e. The Balaban J connectivity index is 2.43. The molecule has 0 radical (unpaired) electrons. The number of hydrogen-bond donors (Lipinski definition) is 0. The summed E-state index contributed by atoms with van der Waals surface area (Å²) in [5.41, 5.74) is 0. The predicted molar refractivity (Wildman–Crippen MR) is 47.3 cm³/mol. The molecule has 4 heteroatoms. The van der Waals surface area contributed by atoms with Crippen molar-refractivity contribution in [3.63, 3.8) is 0 Å². The zero-order chi connectivity index (χ0) is 9.19. The topological polar surface area (TPSA) is 43.4 Å². The Morgan fingerprint density at radius 1 is 1.42 bits per heavy atom. The van der Waals surface area contributed by atoms with E-state index in [4.69, 9.17) is 4.18 Å². The summed E-state index contributed by atoms with van der Waals surface area (Å²) in [6.07, 6.45) is 6.87. The molecule has 0 saturated heterocycles. The number of hydrogen-bond acceptors (Lipinski definition) is 3. The molecule has 1 unspecified atom stereocenters. The predicted octanol–water partition coefficient (Wildman–Crippen LogP) is 1.32. The number of rotatable bonds is 3. The highest BCUT2D eigenvalue weighted by atomic mass is 32.2. The lowest BCUT2D eigenvalue weighted by Crippen LogP contribution is -2.21. The Bertz CT molecular complexity index is 258. The van der Waals surface area contributed by atoms with Crippen molar-refractivity contribution in [2.24, 2.45) is 5.92 Å². The molecule has 0 fully saturated rings. The van der Waals surface area contributed by atoms with Gasteiger partial charge in [0.05, 0.1) is 12.4 Å². The fourth-order valence-electron chi connectivity index (χ4n) is 1.38. The van der Waals surface area contributed by atoms with Crippen LogP contribution in [0.15, 0.2) is 12.2 Å². The maximum absolute atomic E-state index is 10.8.